The van der Waals surface area contributed by atoms with E-state index in [0.29, 0.717) is 18.0 Å². The quantitative estimate of drug-likeness (QED) is 0.861. The Labute approximate surface area is 148 Å². The van der Waals surface area contributed by atoms with Crippen LogP contribution in [0.15, 0.2) is 36.5 Å². The van der Waals surface area contributed by atoms with Gasteiger partial charge in [-0.2, -0.15) is 0 Å². The SMILES string of the molecule is C[C@@H]1CCCN(c2ncc3c(n2)CN(CCc2ccccc2)C3=O)C1. The van der Waals surface area contributed by atoms with Crippen molar-refractivity contribution in [2.24, 2.45) is 5.92 Å². The van der Waals surface area contributed by atoms with Gasteiger partial charge in [0.2, 0.25) is 5.95 Å². The van der Waals surface area contributed by atoms with E-state index in [0.717, 1.165) is 37.7 Å². The third kappa shape index (κ3) is 3.36. The van der Waals surface area contributed by atoms with Crippen molar-refractivity contribution < 1.29 is 4.79 Å². The summed E-state index contributed by atoms with van der Waals surface area (Å²) in [5, 5.41) is 0. The van der Waals surface area contributed by atoms with E-state index in [1.54, 1.807) is 6.20 Å². The van der Waals surface area contributed by atoms with Gasteiger partial charge in [-0.1, -0.05) is 37.3 Å². The van der Waals surface area contributed by atoms with E-state index in [-0.39, 0.29) is 5.91 Å². The number of carbonyl (C=O) groups is 1. The summed E-state index contributed by atoms with van der Waals surface area (Å²) < 4.78 is 0. The molecule has 2 aliphatic heterocycles. The third-order valence-corrected chi connectivity index (χ3v) is 5.17. The van der Waals surface area contributed by atoms with Gasteiger partial charge in [0.1, 0.15) is 0 Å². The molecule has 0 radical (unpaired) electrons. The Kier molecular flexibility index (Phi) is 4.38. The van der Waals surface area contributed by atoms with Gasteiger partial charge in [0.25, 0.3) is 5.91 Å². The molecule has 130 valence electrons. The lowest BCUT2D eigenvalue weighted by Crippen LogP contribution is -2.35. The zero-order chi connectivity index (χ0) is 17.2. The van der Waals surface area contributed by atoms with Gasteiger partial charge < -0.3 is 9.80 Å². The first kappa shape index (κ1) is 16.1. The van der Waals surface area contributed by atoms with Crippen LogP contribution in [0.25, 0.3) is 0 Å². The number of aromatic nitrogens is 2. The molecule has 0 unspecified atom stereocenters. The Morgan fingerprint density at radius 1 is 1.24 bits per heavy atom. The molecule has 0 bridgehead atoms. The van der Waals surface area contributed by atoms with Crippen molar-refractivity contribution in [2.75, 3.05) is 24.5 Å². The molecule has 0 N–H and O–H groups in total. The maximum absolute atomic E-state index is 12.6. The van der Waals surface area contributed by atoms with Gasteiger partial charge >= 0.3 is 0 Å². The van der Waals surface area contributed by atoms with E-state index in [2.05, 4.69) is 28.9 Å². The first-order valence-electron chi connectivity index (χ1n) is 9.15. The van der Waals surface area contributed by atoms with Crippen molar-refractivity contribution in [1.29, 1.82) is 0 Å². The van der Waals surface area contributed by atoms with Crippen molar-refractivity contribution >= 4 is 11.9 Å². The Morgan fingerprint density at radius 3 is 2.88 bits per heavy atom. The van der Waals surface area contributed by atoms with Crippen LogP contribution in [-0.4, -0.2) is 40.4 Å². The fraction of sp³-hybridized carbons (Fsp3) is 0.450. The van der Waals surface area contributed by atoms with Crippen LogP contribution in [0, 0.1) is 5.92 Å². The number of carbonyl (C=O) groups excluding carboxylic acids is 1. The third-order valence-electron chi connectivity index (χ3n) is 5.17. The summed E-state index contributed by atoms with van der Waals surface area (Å²) in [4.78, 5) is 25.9. The fourth-order valence-corrected chi connectivity index (χ4v) is 3.74. The summed E-state index contributed by atoms with van der Waals surface area (Å²) in [6, 6.07) is 10.3. The standard InChI is InChI=1S/C20H24N4O/c1-15-6-5-10-24(13-15)20-21-12-17-18(22-20)14-23(19(17)25)11-9-16-7-3-2-4-8-16/h2-4,7-8,12,15H,5-6,9-11,13-14H2,1H3/t15-/m1/s1. The van der Waals surface area contributed by atoms with E-state index >= 15 is 0 Å². The number of nitrogens with zero attached hydrogens (tertiary/aromatic N) is 4. The lowest BCUT2D eigenvalue weighted by atomic mass is 10.0. The summed E-state index contributed by atoms with van der Waals surface area (Å²) in [5.74, 6) is 1.52. The maximum Gasteiger partial charge on any atom is 0.257 e. The molecular weight excluding hydrogens is 312 g/mol. The number of rotatable bonds is 4. The van der Waals surface area contributed by atoms with Gasteiger partial charge in [-0.25, -0.2) is 9.97 Å². The zero-order valence-electron chi connectivity index (χ0n) is 14.7. The normalized spacial score (nSPS) is 20.0. The van der Waals surface area contributed by atoms with Gasteiger partial charge in [-0.3, -0.25) is 4.79 Å². The minimum absolute atomic E-state index is 0.0597. The monoisotopic (exact) mass is 336 g/mol. The van der Waals surface area contributed by atoms with Crippen LogP contribution in [0.4, 0.5) is 5.95 Å². The molecule has 1 aromatic heterocycles. The second-order valence-electron chi connectivity index (χ2n) is 7.19. The van der Waals surface area contributed by atoms with E-state index in [4.69, 9.17) is 4.98 Å². The summed E-state index contributed by atoms with van der Waals surface area (Å²) in [5.41, 5.74) is 2.79. The molecule has 4 rings (SSSR count). The predicted molar refractivity (Wildman–Crippen MR) is 97.5 cm³/mol. The lowest BCUT2D eigenvalue weighted by molar-refractivity contribution is 0.0780. The molecule has 1 fully saturated rings. The largest absolute Gasteiger partial charge is 0.341 e. The minimum atomic E-state index is 0.0597. The Bertz CT molecular complexity index is 762. The number of benzene rings is 1. The molecule has 0 aliphatic carbocycles. The number of fused-ring (bicyclic) bond motifs is 1. The van der Waals surface area contributed by atoms with Crippen molar-refractivity contribution in [3.05, 3.63) is 53.3 Å². The molecule has 0 spiro atoms. The predicted octanol–water partition coefficient (Wildman–Crippen LogP) is 2.91. The van der Waals surface area contributed by atoms with Crippen molar-refractivity contribution in [1.82, 2.24) is 14.9 Å². The number of hydrogen-bond acceptors (Lipinski definition) is 4. The smallest absolute Gasteiger partial charge is 0.257 e. The highest BCUT2D eigenvalue weighted by molar-refractivity contribution is 5.97. The second kappa shape index (κ2) is 6.82. The Morgan fingerprint density at radius 2 is 2.08 bits per heavy atom. The first-order chi connectivity index (χ1) is 12.2. The van der Waals surface area contributed by atoms with E-state index < -0.39 is 0 Å². The van der Waals surface area contributed by atoms with Crippen molar-refractivity contribution in [3.63, 3.8) is 0 Å². The molecule has 1 atom stereocenters. The van der Waals surface area contributed by atoms with Crippen LogP contribution in [-0.2, 0) is 13.0 Å². The van der Waals surface area contributed by atoms with Crippen LogP contribution >= 0.6 is 0 Å². The molecule has 1 amide bonds. The first-order valence-corrected chi connectivity index (χ1v) is 9.15. The average molecular weight is 336 g/mol. The van der Waals surface area contributed by atoms with Crippen LogP contribution in [0.1, 0.15) is 41.4 Å². The number of amides is 1. The molecular formula is C20H24N4O. The van der Waals surface area contributed by atoms with Crippen molar-refractivity contribution in [2.45, 2.75) is 32.7 Å². The second-order valence-corrected chi connectivity index (χ2v) is 7.19. The average Bonchev–Trinajstić information content (AvgIpc) is 2.96. The topological polar surface area (TPSA) is 49.3 Å². The number of hydrogen-bond donors (Lipinski definition) is 0. The van der Waals surface area contributed by atoms with Gasteiger partial charge in [0.05, 0.1) is 17.8 Å². The van der Waals surface area contributed by atoms with Gasteiger partial charge in [-0.15, -0.1) is 0 Å². The summed E-state index contributed by atoms with van der Waals surface area (Å²) >= 11 is 0. The van der Waals surface area contributed by atoms with Crippen LogP contribution < -0.4 is 4.90 Å². The maximum atomic E-state index is 12.6. The van der Waals surface area contributed by atoms with E-state index in [9.17, 15) is 4.79 Å². The molecule has 1 saturated heterocycles. The zero-order valence-corrected chi connectivity index (χ0v) is 14.7. The summed E-state index contributed by atoms with van der Waals surface area (Å²) in [7, 11) is 0. The minimum Gasteiger partial charge on any atom is -0.341 e. The van der Waals surface area contributed by atoms with E-state index in [1.807, 2.05) is 23.1 Å². The van der Waals surface area contributed by atoms with E-state index in [1.165, 1.54) is 18.4 Å². The molecule has 5 nitrogen and oxygen atoms in total. The highest BCUT2D eigenvalue weighted by Gasteiger charge is 2.30. The van der Waals surface area contributed by atoms with Gasteiger partial charge in [0.15, 0.2) is 0 Å². The Balaban J connectivity index is 1.45. The molecule has 2 aromatic rings. The van der Waals surface area contributed by atoms with Crippen LogP contribution in [0.2, 0.25) is 0 Å². The Hall–Kier alpha value is -2.43. The molecule has 0 saturated carbocycles. The molecule has 5 heteroatoms. The number of anilines is 1. The molecule has 25 heavy (non-hydrogen) atoms. The molecule has 2 aliphatic rings. The fourth-order valence-electron chi connectivity index (χ4n) is 3.74. The number of piperidine rings is 1. The highest BCUT2D eigenvalue weighted by atomic mass is 16.2. The highest BCUT2D eigenvalue weighted by Crippen LogP contribution is 2.25. The lowest BCUT2D eigenvalue weighted by Gasteiger charge is -2.30. The van der Waals surface area contributed by atoms with Gasteiger partial charge in [-0.05, 0) is 30.7 Å². The molecule has 3 heterocycles. The summed E-state index contributed by atoms with van der Waals surface area (Å²) in [6.07, 6.45) is 5.04. The van der Waals surface area contributed by atoms with Crippen LogP contribution in [0.5, 0.6) is 0 Å². The van der Waals surface area contributed by atoms with Crippen molar-refractivity contribution in [3.8, 4) is 0 Å². The summed E-state index contributed by atoms with van der Waals surface area (Å²) in [6.45, 7) is 5.60. The molecule has 1 aromatic carbocycles. The van der Waals surface area contributed by atoms with Gasteiger partial charge in [0, 0.05) is 25.8 Å². The van der Waals surface area contributed by atoms with Crippen LogP contribution in [0.3, 0.4) is 0 Å².